The van der Waals surface area contributed by atoms with Gasteiger partial charge in [-0.05, 0) is 60.8 Å². The average Bonchev–Trinajstić information content (AvgIpc) is 2.45. The molecule has 4 heteroatoms. The first-order valence-electron chi connectivity index (χ1n) is 8.05. The van der Waals surface area contributed by atoms with Crippen LogP contribution in [0.25, 0.3) is 0 Å². The molecule has 0 bridgehead atoms. The largest absolute Gasteiger partial charge is 0.565 e. The van der Waals surface area contributed by atoms with Gasteiger partial charge in [-0.15, -0.1) is 0 Å². The molecule has 21 heavy (non-hydrogen) atoms. The molecule has 1 aromatic rings. The zero-order valence-corrected chi connectivity index (χ0v) is 13.0. The van der Waals surface area contributed by atoms with E-state index in [4.69, 9.17) is 12.7 Å². The lowest BCUT2D eigenvalue weighted by molar-refractivity contribution is 0.0895. The molecule has 0 aromatic heterocycles. The van der Waals surface area contributed by atoms with E-state index in [0.29, 0.717) is 11.8 Å². The summed E-state index contributed by atoms with van der Waals surface area (Å²) in [7, 11) is 5.26. The lowest BCUT2D eigenvalue weighted by Crippen LogP contribution is -2.42. The molecule has 2 radical (unpaired) electrons. The van der Waals surface area contributed by atoms with Crippen LogP contribution in [0.3, 0.4) is 0 Å². The number of piperidine rings is 1. The smallest absolute Gasteiger partial charge is 0.374 e. The lowest BCUT2D eigenvalue weighted by Gasteiger charge is -2.44. The molecule has 3 rings (SSSR count). The second-order valence-corrected chi connectivity index (χ2v) is 6.97. The van der Waals surface area contributed by atoms with E-state index in [1.54, 1.807) is 0 Å². The Kier molecular flexibility index (Phi) is 4.16. The standard InChI is InChI=1S/C17H24BNO2/c1-11(2)7-12-3-4-15-14-9-17(21-18)16(20)8-13(14)5-6-19(15)10-12/h8-9,11-12,15,20H,3-7,10H2,1-2H3. The van der Waals surface area contributed by atoms with Gasteiger partial charge in [-0.1, -0.05) is 13.8 Å². The second-order valence-electron chi connectivity index (χ2n) is 6.97. The van der Waals surface area contributed by atoms with E-state index in [9.17, 15) is 5.11 Å². The van der Waals surface area contributed by atoms with Crippen LogP contribution < -0.4 is 4.65 Å². The molecule has 0 spiro atoms. The molecule has 2 aliphatic heterocycles. The molecule has 2 aliphatic rings. The Bertz CT molecular complexity index is 518. The highest BCUT2D eigenvalue weighted by Crippen LogP contribution is 2.43. The van der Waals surface area contributed by atoms with Crippen LogP contribution in [0.2, 0.25) is 0 Å². The number of rotatable bonds is 3. The maximum Gasteiger partial charge on any atom is 0.374 e. The molecule has 2 heterocycles. The van der Waals surface area contributed by atoms with Gasteiger partial charge in [0, 0.05) is 19.1 Å². The van der Waals surface area contributed by atoms with E-state index in [0.717, 1.165) is 24.8 Å². The Morgan fingerprint density at radius 1 is 1.38 bits per heavy atom. The number of phenols is 1. The van der Waals surface area contributed by atoms with E-state index in [1.165, 1.54) is 36.9 Å². The minimum Gasteiger partial charge on any atom is -0.565 e. The highest BCUT2D eigenvalue weighted by atomic mass is 16.4. The third kappa shape index (κ3) is 2.91. The first kappa shape index (κ1) is 14.8. The van der Waals surface area contributed by atoms with Gasteiger partial charge in [-0.2, -0.15) is 0 Å². The van der Waals surface area contributed by atoms with E-state index < -0.39 is 0 Å². The third-order valence-electron chi connectivity index (χ3n) is 4.96. The summed E-state index contributed by atoms with van der Waals surface area (Å²) in [4.78, 5) is 2.61. The van der Waals surface area contributed by atoms with Crippen molar-refractivity contribution in [2.24, 2.45) is 11.8 Å². The molecule has 2 unspecified atom stereocenters. The number of nitrogens with zero attached hydrogens (tertiary/aromatic N) is 1. The summed E-state index contributed by atoms with van der Waals surface area (Å²) in [5, 5.41) is 9.89. The molecule has 2 atom stereocenters. The molecular formula is C17H24BNO2. The van der Waals surface area contributed by atoms with Crippen molar-refractivity contribution in [3.63, 3.8) is 0 Å². The molecule has 1 saturated heterocycles. The van der Waals surface area contributed by atoms with Gasteiger partial charge in [0.2, 0.25) is 0 Å². The Balaban J connectivity index is 1.81. The molecule has 0 saturated carbocycles. The number of fused-ring (bicyclic) bond motifs is 3. The summed E-state index contributed by atoms with van der Waals surface area (Å²) < 4.78 is 4.80. The van der Waals surface area contributed by atoms with Gasteiger partial charge < -0.3 is 9.76 Å². The highest BCUT2D eigenvalue weighted by molar-refractivity contribution is 6.00. The monoisotopic (exact) mass is 285 g/mol. The van der Waals surface area contributed by atoms with Crippen molar-refractivity contribution in [1.82, 2.24) is 4.90 Å². The van der Waals surface area contributed by atoms with E-state index in [1.807, 2.05) is 12.1 Å². The van der Waals surface area contributed by atoms with E-state index in [2.05, 4.69) is 18.7 Å². The second kappa shape index (κ2) is 5.92. The zero-order valence-electron chi connectivity index (χ0n) is 13.0. The molecule has 1 aromatic carbocycles. The molecule has 0 aliphatic carbocycles. The third-order valence-corrected chi connectivity index (χ3v) is 4.96. The normalized spacial score (nSPS) is 25.5. The van der Waals surface area contributed by atoms with Gasteiger partial charge >= 0.3 is 8.05 Å². The van der Waals surface area contributed by atoms with Crippen LogP contribution in [-0.2, 0) is 6.42 Å². The molecule has 3 nitrogen and oxygen atoms in total. The predicted molar refractivity (Wildman–Crippen MR) is 84.7 cm³/mol. The number of hydrogen-bond acceptors (Lipinski definition) is 3. The van der Waals surface area contributed by atoms with Gasteiger partial charge in [-0.3, -0.25) is 4.90 Å². The van der Waals surface area contributed by atoms with Gasteiger partial charge in [-0.25, -0.2) is 0 Å². The summed E-state index contributed by atoms with van der Waals surface area (Å²) in [5.41, 5.74) is 2.54. The van der Waals surface area contributed by atoms with Crippen LogP contribution in [0.15, 0.2) is 12.1 Å². The van der Waals surface area contributed by atoms with Gasteiger partial charge in [0.1, 0.15) is 5.75 Å². The van der Waals surface area contributed by atoms with Crippen LogP contribution in [0.4, 0.5) is 0 Å². The fourth-order valence-electron chi connectivity index (χ4n) is 4.10. The lowest BCUT2D eigenvalue weighted by atomic mass is 9.81. The van der Waals surface area contributed by atoms with Gasteiger partial charge in [0.15, 0.2) is 5.75 Å². The Morgan fingerprint density at radius 3 is 2.90 bits per heavy atom. The predicted octanol–water partition coefficient (Wildman–Crippen LogP) is 3.21. The van der Waals surface area contributed by atoms with Gasteiger partial charge in [0.05, 0.1) is 0 Å². The summed E-state index contributed by atoms with van der Waals surface area (Å²) >= 11 is 0. The summed E-state index contributed by atoms with van der Waals surface area (Å²) in [5.74, 6) is 2.14. The SMILES string of the molecule is [B]Oc1cc2c(cc1O)CCN1CC(CC(C)C)CCC21. The summed E-state index contributed by atoms with van der Waals surface area (Å²) in [6.07, 6.45) is 4.80. The van der Waals surface area contributed by atoms with Crippen LogP contribution in [-0.4, -0.2) is 31.1 Å². The van der Waals surface area contributed by atoms with Crippen LogP contribution in [0.5, 0.6) is 11.5 Å². The molecule has 0 amide bonds. The van der Waals surface area contributed by atoms with Crippen LogP contribution in [0.1, 0.15) is 50.3 Å². The van der Waals surface area contributed by atoms with E-state index >= 15 is 0 Å². The van der Waals surface area contributed by atoms with Crippen molar-refractivity contribution in [1.29, 1.82) is 0 Å². The van der Waals surface area contributed by atoms with Crippen molar-refractivity contribution in [2.75, 3.05) is 13.1 Å². The first-order chi connectivity index (χ1) is 10.1. The number of hydrogen-bond donors (Lipinski definition) is 1. The molecule has 1 fully saturated rings. The maximum atomic E-state index is 9.89. The fraction of sp³-hybridized carbons (Fsp3) is 0.647. The number of phenolic OH excluding ortho intramolecular Hbond substituents is 1. The fourth-order valence-corrected chi connectivity index (χ4v) is 4.10. The van der Waals surface area contributed by atoms with Crippen molar-refractivity contribution >= 4 is 8.05 Å². The highest BCUT2D eigenvalue weighted by Gasteiger charge is 2.34. The van der Waals surface area contributed by atoms with Gasteiger partial charge in [0.25, 0.3) is 0 Å². The zero-order chi connectivity index (χ0) is 15.0. The first-order valence-corrected chi connectivity index (χ1v) is 8.05. The Hall–Kier alpha value is -1.16. The Morgan fingerprint density at radius 2 is 2.19 bits per heavy atom. The van der Waals surface area contributed by atoms with E-state index in [-0.39, 0.29) is 5.75 Å². The summed E-state index contributed by atoms with van der Waals surface area (Å²) in [6, 6.07) is 4.23. The van der Waals surface area contributed by atoms with Crippen LogP contribution in [0, 0.1) is 11.8 Å². The minimum atomic E-state index is 0.151. The average molecular weight is 285 g/mol. The van der Waals surface area contributed by atoms with Crippen LogP contribution >= 0.6 is 0 Å². The van der Waals surface area contributed by atoms with Crippen molar-refractivity contribution in [3.05, 3.63) is 23.3 Å². The quantitative estimate of drug-likeness (QED) is 0.866. The topological polar surface area (TPSA) is 32.7 Å². The van der Waals surface area contributed by atoms with Crippen molar-refractivity contribution < 1.29 is 9.76 Å². The minimum absolute atomic E-state index is 0.151. The number of aromatic hydroxyl groups is 1. The van der Waals surface area contributed by atoms with Crippen molar-refractivity contribution in [3.8, 4) is 11.5 Å². The number of benzene rings is 1. The van der Waals surface area contributed by atoms with Crippen molar-refractivity contribution in [2.45, 2.75) is 45.6 Å². The molecular weight excluding hydrogens is 261 g/mol. The maximum absolute atomic E-state index is 9.89. The molecule has 1 N–H and O–H groups in total. The molecule has 112 valence electrons. The Labute approximate surface area is 128 Å². The summed E-state index contributed by atoms with van der Waals surface area (Å²) in [6.45, 7) is 6.91.